The molecule has 0 aromatic heterocycles. The number of benzene rings is 1. The molecule has 0 spiro atoms. The number of hydrogen-bond acceptors (Lipinski definition) is 4. The number of allylic oxidation sites excluding steroid dienone is 1. The molecule has 2 aliphatic rings. The highest BCUT2D eigenvalue weighted by Crippen LogP contribution is 2.31. The van der Waals surface area contributed by atoms with E-state index in [1.54, 1.807) is 29.2 Å². The largest absolute Gasteiger partial charge is 0.311 e. The molecule has 2 aliphatic heterocycles. The Bertz CT molecular complexity index is 718. The molecule has 5 nitrogen and oxygen atoms in total. The van der Waals surface area contributed by atoms with E-state index in [-0.39, 0.29) is 24.7 Å². The number of thiocarbonyl (C=S) groups is 1. The van der Waals surface area contributed by atoms with Crippen LogP contribution in [0.15, 0.2) is 41.7 Å². The van der Waals surface area contributed by atoms with Gasteiger partial charge in [-0.1, -0.05) is 42.5 Å². The smallest absolute Gasteiger partial charge is 0.245 e. The Morgan fingerprint density at radius 3 is 2.76 bits per heavy atom. The summed E-state index contributed by atoms with van der Waals surface area (Å²) in [5.41, 5.74) is 0.952. The monoisotopic (exact) mass is 297 g/mol. The summed E-state index contributed by atoms with van der Waals surface area (Å²) in [7, 11) is 0. The lowest BCUT2D eigenvalue weighted by atomic mass is 9.88. The maximum atomic E-state index is 12.6. The maximum Gasteiger partial charge on any atom is 0.245 e. The molecule has 1 aromatic rings. The Morgan fingerprint density at radius 2 is 2.10 bits per heavy atom. The van der Waals surface area contributed by atoms with Crippen molar-refractivity contribution in [3.8, 4) is 6.07 Å². The van der Waals surface area contributed by atoms with Crippen molar-refractivity contribution in [2.24, 2.45) is 5.92 Å². The number of nitrogens with zero attached hydrogens (tertiary/aromatic N) is 2. The van der Waals surface area contributed by atoms with E-state index in [2.05, 4.69) is 11.4 Å². The number of fused-ring (bicyclic) bond motifs is 1. The lowest BCUT2D eigenvalue weighted by Gasteiger charge is -2.30. The minimum Gasteiger partial charge on any atom is -0.311 e. The van der Waals surface area contributed by atoms with E-state index in [1.807, 2.05) is 6.07 Å². The first-order chi connectivity index (χ1) is 10.1. The Balaban J connectivity index is 1.97. The van der Waals surface area contributed by atoms with Crippen LogP contribution in [-0.4, -0.2) is 28.1 Å². The molecule has 3 rings (SSSR count). The van der Waals surface area contributed by atoms with Crippen molar-refractivity contribution in [3.05, 3.63) is 47.3 Å². The van der Waals surface area contributed by atoms with Crippen LogP contribution in [0.25, 0.3) is 0 Å². The average molecular weight is 297 g/mol. The molecule has 0 radical (unpaired) electrons. The molecular formula is C15H11N3O2S. The molecule has 0 aliphatic carbocycles. The number of rotatable bonds is 2. The number of hydrogen-bond donors (Lipinski definition) is 1. The Kier molecular flexibility index (Phi) is 3.28. The van der Waals surface area contributed by atoms with Crippen LogP contribution in [-0.2, 0) is 4.79 Å². The van der Waals surface area contributed by atoms with Gasteiger partial charge in [-0.05, 0) is 0 Å². The van der Waals surface area contributed by atoms with Gasteiger partial charge in [0.25, 0.3) is 0 Å². The zero-order valence-electron chi connectivity index (χ0n) is 11.0. The van der Waals surface area contributed by atoms with Crippen LogP contribution in [0.4, 0.5) is 0 Å². The van der Waals surface area contributed by atoms with Crippen LogP contribution >= 0.6 is 12.2 Å². The fraction of sp³-hybridized carbons (Fsp3) is 0.200. The zero-order chi connectivity index (χ0) is 15.0. The summed E-state index contributed by atoms with van der Waals surface area (Å²) in [5, 5.41) is 11.9. The summed E-state index contributed by atoms with van der Waals surface area (Å²) in [4.78, 5) is 26.1. The molecule has 6 heteroatoms. The fourth-order valence-corrected chi connectivity index (χ4v) is 2.92. The predicted molar refractivity (Wildman–Crippen MR) is 79.0 cm³/mol. The first-order valence-electron chi connectivity index (χ1n) is 6.45. The molecular weight excluding hydrogens is 286 g/mol. The number of nitrogens with one attached hydrogen (secondary N) is 1. The van der Waals surface area contributed by atoms with Gasteiger partial charge in [0.05, 0.1) is 22.5 Å². The van der Waals surface area contributed by atoms with Gasteiger partial charge in [0.1, 0.15) is 12.4 Å². The predicted octanol–water partition coefficient (Wildman–Crippen LogP) is 1.38. The van der Waals surface area contributed by atoms with Crippen molar-refractivity contribution >= 4 is 28.9 Å². The van der Waals surface area contributed by atoms with E-state index in [1.165, 1.54) is 0 Å². The van der Waals surface area contributed by atoms with Crippen molar-refractivity contribution in [1.82, 2.24) is 10.2 Å². The van der Waals surface area contributed by atoms with Crippen LogP contribution in [0.2, 0.25) is 0 Å². The molecule has 21 heavy (non-hydrogen) atoms. The second-order valence-corrected chi connectivity index (χ2v) is 5.32. The quantitative estimate of drug-likeness (QED) is 0.659. The minimum absolute atomic E-state index is 0.0674. The summed E-state index contributed by atoms with van der Waals surface area (Å²) >= 11 is 5.36. The summed E-state index contributed by atoms with van der Waals surface area (Å²) < 4.78 is 0. The summed E-state index contributed by atoms with van der Waals surface area (Å²) in [6, 6.07) is 10.9. The van der Waals surface area contributed by atoms with Crippen LogP contribution < -0.4 is 5.32 Å². The number of carbonyl (C=O) groups excluding carboxylic acids is 2. The van der Waals surface area contributed by atoms with Gasteiger partial charge >= 0.3 is 0 Å². The number of ketones is 1. The lowest BCUT2D eigenvalue weighted by molar-refractivity contribution is -0.118. The number of Topliss-reactive ketones (excluding diaryl/α,β-unsaturated/α-hetero) is 1. The first-order valence-corrected chi connectivity index (χ1v) is 6.86. The maximum absolute atomic E-state index is 12.6. The van der Waals surface area contributed by atoms with Crippen LogP contribution in [0.1, 0.15) is 16.8 Å². The molecule has 104 valence electrons. The first kappa shape index (κ1) is 13.5. The van der Waals surface area contributed by atoms with Gasteiger partial charge in [-0.15, -0.1) is 0 Å². The van der Waals surface area contributed by atoms with Crippen molar-refractivity contribution in [2.75, 3.05) is 6.54 Å². The van der Waals surface area contributed by atoms with Gasteiger partial charge in [0.2, 0.25) is 5.91 Å². The highest BCUT2D eigenvalue weighted by molar-refractivity contribution is 7.80. The summed E-state index contributed by atoms with van der Waals surface area (Å²) in [5.74, 6) is -0.474. The van der Waals surface area contributed by atoms with E-state index >= 15 is 0 Å². The topological polar surface area (TPSA) is 73.2 Å². The second kappa shape index (κ2) is 5.11. The Hall–Kier alpha value is -2.52. The van der Waals surface area contributed by atoms with Gasteiger partial charge in [-0.3, -0.25) is 9.59 Å². The summed E-state index contributed by atoms with van der Waals surface area (Å²) in [6.07, 6.45) is 0.231. The SMILES string of the molecule is N#CC1=C2NC(=O)CN2C(=S)C(C(=O)c2ccccc2)C1. The highest BCUT2D eigenvalue weighted by Gasteiger charge is 2.40. The second-order valence-electron chi connectivity index (χ2n) is 4.90. The minimum atomic E-state index is -0.575. The Labute approximate surface area is 126 Å². The van der Waals surface area contributed by atoms with Gasteiger partial charge in [-0.2, -0.15) is 5.26 Å². The van der Waals surface area contributed by atoms with E-state index in [0.29, 0.717) is 21.9 Å². The fourth-order valence-electron chi connectivity index (χ4n) is 2.57. The van der Waals surface area contributed by atoms with E-state index < -0.39 is 5.92 Å². The van der Waals surface area contributed by atoms with E-state index in [0.717, 1.165) is 0 Å². The van der Waals surface area contributed by atoms with Crippen LogP contribution in [0.3, 0.4) is 0 Å². The molecule has 1 saturated heterocycles. The van der Waals surface area contributed by atoms with Crippen molar-refractivity contribution < 1.29 is 9.59 Å². The number of nitriles is 1. The number of carbonyl (C=O) groups is 2. The Morgan fingerprint density at radius 1 is 1.38 bits per heavy atom. The molecule has 0 bridgehead atoms. The third-order valence-electron chi connectivity index (χ3n) is 3.60. The third-order valence-corrected chi connectivity index (χ3v) is 4.10. The lowest BCUT2D eigenvalue weighted by Crippen LogP contribution is -2.40. The van der Waals surface area contributed by atoms with Gasteiger partial charge in [0.15, 0.2) is 5.78 Å². The molecule has 1 amide bonds. The summed E-state index contributed by atoms with van der Waals surface area (Å²) in [6.45, 7) is 0.0674. The molecule has 1 unspecified atom stereocenters. The number of amides is 1. The zero-order valence-corrected chi connectivity index (χ0v) is 11.8. The standard InChI is InChI=1S/C15H11N3O2S/c16-7-10-6-11(13(20)9-4-2-1-3-5-9)15(21)18-8-12(19)17-14(10)18/h1-5,11H,6,8H2,(H,17,19). The van der Waals surface area contributed by atoms with E-state index in [4.69, 9.17) is 12.2 Å². The van der Waals surface area contributed by atoms with Crippen molar-refractivity contribution in [3.63, 3.8) is 0 Å². The molecule has 0 saturated carbocycles. The van der Waals surface area contributed by atoms with E-state index in [9.17, 15) is 14.9 Å². The molecule has 1 N–H and O–H groups in total. The normalized spacial score (nSPS) is 20.9. The van der Waals surface area contributed by atoms with Gasteiger partial charge < -0.3 is 10.2 Å². The molecule has 2 heterocycles. The third kappa shape index (κ3) is 2.22. The van der Waals surface area contributed by atoms with Crippen molar-refractivity contribution in [2.45, 2.75) is 6.42 Å². The average Bonchev–Trinajstić information content (AvgIpc) is 2.90. The highest BCUT2D eigenvalue weighted by atomic mass is 32.1. The van der Waals surface area contributed by atoms with Crippen molar-refractivity contribution in [1.29, 1.82) is 5.26 Å². The van der Waals surface area contributed by atoms with Crippen LogP contribution in [0, 0.1) is 17.2 Å². The molecule has 1 aromatic carbocycles. The molecule has 1 atom stereocenters. The van der Waals surface area contributed by atoms with Crippen LogP contribution in [0.5, 0.6) is 0 Å². The van der Waals surface area contributed by atoms with Gasteiger partial charge in [0, 0.05) is 12.0 Å². The van der Waals surface area contributed by atoms with Gasteiger partial charge in [-0.25, -0.2) is 0 Å². The molecule has 1 fully saturated rings.